The van der Waals surface area contributed by atoms with Crippen LogP contribution in [-0.2, 0) is 9.59 Å². The molecule has 0 spiro atoms. The van der Waals surface area contributed by atoms with Crippen molar-refractivity contribution in [3.05, 3.63) is 34.4 Å². The van der Waals surface area contributed by atoms with Crippen molar-refractivity contribution in [2.45, 2.75) is 50.7 Å². The Hall–Kier alpha value is -2.09. The first kappa shape index (κ1) is 21.2. The number of nitrogens with zero attached hydrogens (tertiary/aromatic N) is 2. The van der Waals surface area contributed by atoms with Gasteiger partial charge in [0.25, 0.3) is 5.69 Å². The highest BCUT2D eigenvalue weighted by Gasteiger charge is 2.26. The van der Waals surface area contributed by atoms with Gasteiger partial charge in [0.2, 0.25) is 11.8 Å². The van der Waals surface area contributed by atoms with Gasteiger partial charge in [-0.25, -0.2) is 0 Å². The Morgan fingerprint density at radius 1 is 1.22 bits per heavy atom. The van der Waals surface area contributed by atoms with Crippen LogP contribution in [0.1, 0.15) is 45.4 Å². The van der Waals surface area contributed by atoms with Gasteiger partial charge in [0.1, 0.15) is 5.69 Å². The zero-order valence-electron chi connectivity index (χ0n) is 15.7. The summed E-state index contributed by atoms with van der Waals surface area (Å²) in [6.45, 7) is 3.61. The molecule has 2 rings (SSSR count). The van der Waals surface area contributed by atoms with Crippen molar-refractivity contribution >= 4 is 35.0 Å². The molecule has 1 unspecified atom stereocenters. The first-order valence-corrected chi connectivity index (χ1v) is 10.5. The summed E-state index contributed by atoms with van der Waals surface area (Å²) in [5.41, 5.74) is 0.0422. The molecule has 1 fully saturated rings. The number of rotatable bonds is 8. The molecule has 1 aliphatic rings. The van der Waals surface area contributed by atoms with E-state index in [0.717, 1.165) is 51.6 Å². The third-order valence-electron chi connectivity index (χ3n) is 4.53. The van der Waals surface area contributed by atoms with Crippen LogP contribution < -0.4 is 5.32 Å². The van der Waals surface area contributed by atoms with Gasteiger partial charge < -0.3 is 10.2 Å². The molecule has 0 radical (unpaired) electrons. The number of nitro groups is 1. The molecule has 7 nitrogen and oxygen atoms in total. The van der Waals surface area contributed by atoms with E-state index in [2.05, 4.69) is 5.32 Å². The summed E-state index contributed by atoms with van der Waals surface area (Å²) < 4.78 is 0. The molecule has 0 aromatic heterocycles. The van der Waals surface area contributed by atoms with E-state index in [-0.39, 0.29) is 34.2 Å². The summed E-state index contributed by atoms with van der Waals surface area (Å²) in [4.78, 5) is 37.6. The molecule has 1 aromatic carbocycles. The van der Waals surface area contributed by atoms with Gasteiger partial charge in [-0.15, -0.1) is 11.8 Å². The van der Waals surface area contributed by atoms with E-state index in [9.17, 15) is 19.7 Å². The van der Waals surface area contributed by atoms with Crippen molar-refractivity contribution < 1.29 is 14.5 Å². The number of para-hydroxylation sites is 2. The van der Waals surface area contributed by atoms with E-state index >= 15 is 0 Å². The molecule has 148 valence electrons. The second kappa shape index (κ2) is 10.9. The van der Waals surface area contributed by atoms with Crippen molar-refractivity contribution in [1.29, 1.82) is 0 Å². The molecule has 0 bridgehead atoms. The Bertz CT molecular complexity index is 660. The van der Waals surface area contributed by atoms with Crippen LogP contribution in [0.3, 0.4) is 0 Å². The first-order valence-electron chi connectivity index (χ1n) is 9.46. The highest BCUT2D eigenvalue weighted by Crippen LogP contribution is 2.25. The minimum absolute atomic E-state index is 0.0935. The van der Waals surface area contributed by atoms with E-state index in [4.69, 9.17) is 0 Å². The molecule has 1 aliphatic heterocycles. The lowest BCUT2D eigenvalue weighted by atomic mass is 10.2. The monoisotopic (exact) mass is 393 g/mol. The van der Waals surface area contributed by atoms with Gasteiger partial charge in [0, 0.05) is 19.2 Å². The van der Waals surface area contributed by atoms with Crippen LogP contribution in [0.5, 0.6) is 0 Å². The Kier molecular flexibility index (Phi) is 8.57. The fraction of sp³-hybridized carbons (Fsp3) is 0.579. The molecular weight excluding hydrogens is 366 g/mol. The maximum atomic E-state index is 12.8. The van der Waals surface area contributed by atoms with Gasteiger partial charge in [0.15, 0.2) is 0 Å². The lowest BCUT2D eigenvalue weighted by molar-refractivity contribution is -0.383. The third-order valence-corrected chi connectivity index (χ3v) is 5.80. The van der Waals surface area contributed by atoms with Crippen molar-refractivity contribution in [2.75, 3.05) is 24.2 Å². The summed E-state index contributed by atoms with van der Waals surface area (Å²) in [6, 6.07) is 6.05. The molecule has 1 aromatic rings. The molecule has 1 saturated heterocycles. The van der Waals surface area contributed by atoms with Crippen molar-refractivity contribution in [3.63, 3.8) is 0 Å². The molecule has 0 aliphatic carbocycles. The number of amides is 2. The van der Waals surface area contributed by atoms with E-state index in [1.54, 1.807) is 12.1 Å². The van der Waals surface area contributed by atoms with Gasteiger partial charge in [0.05, 0.1) is 15.9 Å². The van der Waals surface area contributed by atoms with E-state index < -0.39 is 4.92 Å². The number of likely N-dealkylation sites (tertiary alicyclic amines) is 1. The van der Waals surface area contributed by atoms with Crippen LogP contribution in [0.4, 0.5) is 11.4 Å². The second-order valence-electron chi connectivity index (χ2n) is 6.65. The predicted molar refractivity (Wildman–Crippen MR) is 108 cm³/mol. The topological polar surface area (TPSA) is 92.5 Å². The van der Waals surface area contributed by atoms with Gasteiger partial charge in [-0.2, -0.15) is 0 Å². The molecule has 1 heterocycles. The normalized spacial score (nSPS) is 15.7. The van der Waals surface area contributed by atoms with Crippen LogP contribution in [0.15, 0.2) is 24.3 Å². The molecule has 1 N–H and O–H groups in total. The third kappa shape index (κ3) is 6.53. The number of carbonyl (C=O) groups excluding carboxylic acids is 2. The molecular formula is C19H27N3O4S. The number of carbonyl (C=O) groups is 2. The Morgan fingerprint density at radius 2 is 1.89 bits per heavy atom. The molecule has 2 amide bonds. The van der Waals surface area contributed by atoms with Crippen molar-refractivity contribution in [2.24, 2.45) is 0 Å². The smallest absolute Gasteiger partial charge is 0.292 e. The van der Waals surface area contributed by atoms with E-state index in [0.29, 0.717) is 0 Å². The van der Waals surface area contributed by atoms with E-state index in [1.807, 2.05) is 11.8 Å². The average Bonchev–Trinajstić information content (AvgIpc) is 2.94. The molecule has 0 saturated carbocycles. The number of hydrogen-bond acceptors (Lipinski definition) is 5. The van der Waals surface area contributed by atoms with Crippen LogP contribution >= 0.6 is 11.8 Å². The first-order chi connectivity index (χ1) is 13.0. The number of thioether (sulfide) groups is 1. The number of anilines is 1. The predicted octanol–water partition coefficient (Wildman–Crippen LogP) is 3.84. The molecule has 8 heteroatoms. The zero-order chi connectivity index (χ0) is 19.6. The zero-order valence-corrected chi connectivity index (χ0v) is 16.5. The fourth-order valence-electron chi connectivity index (χ4n) is 3.14. The van der Waals surface area contributed by atoms with Gasteiger partial charge >= 0.3 is 0 Å². The maximum Gasteiger partial charge on any atom is 0.292 e. The highest BCUT2D eigenvalue weighted by atomic mass is 32.2. The van der Waals surface area contributed by atoms with E-state index in [1.165, 1.54) is 23.9 Å². The quantitative estimate of drug-likeness (QED) is 0.535. The summed E-state index contributed by atoms with van der Waals surface area (Å²) in [5, 5.41) is 13.4. The Labute approximate surface area is 164 Å². The van der Waals surface area contributed by atoms with Crippen LogP contribution in [0.2, 0.25) is 0 Å². The average molecular weight is 394 g/mol. The largest absolute Gasteiger partial charge is 0.342 e. The lowest BCUT2D eigenvalue weighted by Gasteiger charge is -2.25. The molecule has 1 atom stereocenters. The number of hydrogen-bond donors (Lipinski definition) is 1. The van der Waals surface area contributed by atoms with Crippen LogP contribution in [-0.4, -0.2) is 45.7 Å². The van der Waals surface area contributed by atoms with Crippen molar-refractivity contribution in [3.8, 4) is 0 Å². The summed E-state index contributed by atoms with van der Waals surface area (Å²) in [5.74, 6) is -0.127. The number of benzene rings is 1. The van der Waals surface area contributed by atoms with Crippen molar-refractivity contribution in [1.82, 2.24) is 4.90 Å². The summed E-state index contributed by atoms with van der Waals surface area (Å²) >= 11 is 1.32. The van der Waals surface area contributed by atoms with Gasteiger partial charge in [-0.05, 0) is 25.3 Å². The van der Waals surface area contributed by atoms with Gasteiger partial charge in [-0.3, -0.25) is 19.7 Å². The summed E-state index contributed by atoms with van der Waals surface area (Å²) in [6.07, 6.45) is 5.98. The Morgan fingerprint density at radius 3 is 2.52 bits per heavy atom. The van der Waals surface area contributed by atoms with Gasteiger partial charge in [-0.1, -0.05) is 38.3 Å². The molecule has 27 heavy (non-hydrogen) atoms. The standard InChI is InChI=1S/C19H27N3O4S/c1-2-9-17(19(24)21-12-7-3-4-8-13-21)27-14-18(23)20-15-10-5-6-11-16(15)22(25)26/h5-6,10-11,17H,2-4,7-9,12-14H2,1H3,(H,20,23). The second-order valence-corrected chi connectivity index (χ2v) is 7.84. The SMILES string of the molecule is CCCC(SCC(=O)Nc1ccccc1[N+](=O)[O-])C(=O)N1CCCCCC1. The Balaban J connectivity index is 1.93. The van der Waals surface area contributed by atoms with Crippen LogP contribution in [0, 0.1) is 10.1 Å². The van der Waals surface area contributed by atoms with Crippen LogP contribution in [0.25, 0.3) is 0 Å². The maximum absolute atomic E-state index is 12.8. The summed E-state index contributed by atoms with van der Waals surface area (Å²) in [7, 11) is 0. The lowest BCUT2D eigenvalue weighted by Crippen LogP contribution is -2.39. The number of nitro benzene ring substituents is 1. The fourth-order valence-corrected chi connectivity index (χ4v) is 4.25. The minimum Gasteiger partial charge on any atom is -0.342 e. The number of nitrogens with one attached hydrogen (secondary N) is 1. The highest BCUT2D eigenvalue weighted by molar-refractivity contribution is 8.01. The minimum atomic E-state index is -0.522.